The maximum atomic E-state index is 4.40. The molecule has 1 heterocycles. The summed E-state index contributed by atoms with van der Waals surface area (Å²) in [6, 6.07) is 12.3. The predicted octanol–water partition coefficient (Wildman–Crippen LogP) is 1.93. The summed E-state index contributed by atoms with van der Waals surface area (Å²) in [6.07, 6.45) is 7.14. The standard InChI is InChI=1S/C13H11N2/c1-2-6-12(7-3-1)15-13-8-4-5-11(13)9-10-14-15/h1-7,9-10H,8H2/q+1. The van der Waals surface area contributed by atoms with Gasteiger partial charge in [-0.05, 0) is 15.8 Å². The number of allylic oxidation sites excluding steroid dienone is 1. The monoisotopic (exact) mass is 195 g/mol. The maximum Gasteiger partial charge on any atom is 0.238 e. The lowest BCUT2D eigenvalue weighted by molar-refractivity contribution is -0.667. The molecule has 0 fully saturated rings. The minimum atomic E-state index is 0.970. The molecule has 3 rings (SSSR count). The van der Waals surface area contributed by atoms with Crippen molar-refractivity contribution in [1.29, 1.82) is 0 Å². The van der Waals surface area contributed by atoms with E-state index >= 15 is 0 Å². The molecular formula is C13H11N2+. The second-order valence-corrected chi connectivity index (χ2v) is 3.59. The first-order valence-corrected chi connectivity index (χ1v) is 5.07. The summed E-state index contributed by atoms with van der Waals surface area (Å²) in [4.78, 5) is 0. The summed E-state index contributed by atoms with van der Waals surface area (Å²) in [6.45, 7) is 0. The van der Waals surface area contributed by atoms with E-state index in [1.165, 1.54) is 11.3 Å². The van der Waals surface area contributed by atoms with Crippen LogP contribution in [0.2, 0.25) is 0 Å². The molecule has 1 aliphatic rings. The molecule has 1 aromatic carbocycles. The molecule has 2 nitrogen and oxygen atoms in total. The molecule has 0 N–H and O–H groups in total. The van der Waals surface area contributed by atoms with Gasteiger partial charge in [0.15, 0.2) is 0 Å². The lowest BCUT2D eigenvalue weighted by atomic mass is 10.2. The van der Waals surface area contributed by atoms with Crippen molar-refractivity contribution in [2.75, 3.05) is 0 Å². The first-order chi connectivity index (χ1) is 7.45. The van der Waals surface area contributed by atoms with E-state index in [1.807, 2.05) is 29.1 Å². The average Bonchev–Trinajstić information content (AvgIpc) is 2.78. The van der Waals surface area contributed by atoms with Crippen LogP contribution in [0.1, 0.15) is 11.3 Å². The van der Waals surface area contributed by atoms with E-state index in [4.69, 9.17) is 0 Å². The third kappa shape index (κ3) is 1.34. The van der Waals surface area contributed by atoms with Gasteiger partial charge in [0.2, 0.25) is 11.4 Å². The Hall–Kier alpha value is -1.96. The highest BCUT2D eigenvalue weighted by Crippen LogP contribution is 2.15. The van der Waals surface area contributed by atoms with E-state index < -0.39 is 0 Å². The fourth-order valence-corrected chi connectivity index (χ4v) is 1.91. The lowest BCUT2D eigenvalue weighted by Gasteiger charge is -1.98. The van der Waals surface area contributed by atoms with E-state index in [1.54, 1.807) is 0 Å². The smallest absolute Gasteiger partial charge is 0.0732 e. The largest absolute Gasteiger partial charge is 0.238 e. The summed E-state index contributed by atoms with van der Waals surface area (Å²) >= 11 is 0. The average molecular weight is 195 g/mol. The summed E-state index contributed by atoms with van der Waals surface area (Å²) in [7, 11) is 0. The zero-order chi connectivity index (χ0) is 10.1. The number of rotatable bonds is 1. The van der Waals surface area contributed by atoms with Gasteiger partial charge in [0.05, 0.1) is 12.6 Å². The van der Waals surface area contributed by atoms with Crippen molar-refractivity contribution in [3.63, 3.8) is 0 Å². The first-order valence-electron chi connectivity index (χ1n) is 5.07. The molecule has 0 unspecified atom stereocenters. The molecule has 2 aromatic rings. The van der Waals surface area contributed by atoms with Gasteiger partial charge in [0.25, 0.3) is 0 Å². The molecule has 1 aromatic heterocycles. The van der Waals surface area contributed by atoms with Gasteiger partial charge in [0.1, 0.15) is 0 Å². The highest BCUT2D eigenvalue weighted by atomic mass is 15.3. The molecule has 0 radical (unpaired) electrons. The normalized spacial score (nSPS) is 12.8. The van der Waals surface area contributed by atoms with Crippen LogP contribution in [0.5, 0.6) is 0 Å². The molecule has 15 heavy (non-hydrogen) atoms. The predicted molar refractivity (Wildman–Crippen MR) is 58.5 cm³/mol. The molecule has 0 amide bonds. The highest BCUT2D eigenvalue weighted by Gasteiger charge is 2.20. The zero-order valence-electron chi connectivity index (χ0n) is 8.30. The molecule has 72 valence electrons. The van der Waals surface area contributed by atoms with Crippen molar-refractivity contribution in [2.24, 2.45) is 0 Å². The van der Waals surface area contributed by atoms with E-state index in [9.17, 15) is 0 Å². The van der Waals surface area contributed by atoms with E-state index in [0.29, 0.717) is 0 Å². The van der Waals surface area contributed by atoms with E-state index in [0.717, 1.165) is 12.1 Å². The van der Waals surface area contributed by atoms with Crippen LogP contribution in [-0.2, 0) is 6.42 Å². The van der Waals surface area contributed by atoms with Gasteiger partial charge >= 0.3 is 0 Å². The quantitative estimate of drug-likeness (QED) is 0.635. The van der Waals surface area contributed by atoms with Crippen molar-refractivity contribution < 1.29 is 4.68 Å². The van der Waals surface area contributed by atoms with E-state index in [-0.39, 0.29) is 0 Å². The van der Waals surface area contributed by atoms with Crippen LogP contribution < -0.4 is 4.68 Å². The summed E-state index contributed by atoms with van der Waals surface area (Å²) < 4.78 is 2.01. The summed E-state index contributed by atoms with van der Waals surface area (Å²) in [5.74, 6) is 0. The zero-order valence-corrected chi connectivity index (χ0v) is 8.30. The van der Waals surface area contributed by atoms with Crippen LogP contribution in [0.25, 0.3) is 11.8 Å². The SMILES string of the molecule is C1=Cc2ccn[n+](-c3ccccc3)c2C1. The van der Waals surface area contributed by atoms with Gasteiger partial charge in [-0.1, -0.05) is 30.4 Å². The molecule has 0 saturated carbocycles. The first kappa shape index (κ1) is 8.36. The Bertz CT molecular complexity index is 515. The Morgan fingerprint density at radius 2 is 1.93 bits per heavy atom. The van der Waals surface area contributed by atoms with Gasteiger partial charge in [0, 0.05) is 17.7 Å². The van der Waals surface area contributed by atoms with E-state index in [2.05, 4.69) is 35.4 Å². The van der Waals surface area contributed by atoms with Gasteiger partial charge in [-0.2, -0.15) is 0 Å². The maximum absolute atomic E-state index is 4.40. The van der Waals surface area contributed by atoms with Crippen molar-refractivity contribution in [3.8, 4) is 5.69 Å². The molecule has 0 aliphatic heterocycles. The Labute approximate surface area is 88.5 Å². The summed E-state index contributed by atoms with van der Waals surface area (Å²) in [5, 5.41) is 4.40. The molecule has 2 heteroatoms. The number of para-hydroxylation sites is 1. The van der Waals surface area contributed by atoms with Crippen molar-refractivity contribution in [2.45, 2.75) is 6.42 Å². The Kier molecular flexibility index (Phi) is 1.85. The molecule has 1 aliphatic carbocycles. The fourth-order valence-electron chi connectivity index (χ4n) is 1.91. The lowest BCUT2D eigenvalue weighted by Crippen LogP contribution is -2.39. The number of nitrogens with zero attached hydrogens (tertiary/aromatic N) is 2. The van der Waals surface area contributed by atoms with Gasteiger partial charge in [-0.25, -0.2) is 0 Å². The number of fused-ring (bicyclic) bond motifs is 1. The van der Waals surface area contributed by atoms with Crippen LogP contribution in [-0.4, -0.2) is 5.10 Å². The minimum absolute atomic E-state index is 0.970. The fraction of sp³-hybridized carbons (Fsp3) is 0.0769. The number of hydrogen-bond acceptors (Lipinski definition) is 1. The third-order valence-electron chi connectivity index (χ3n) is 2.63. The molecule has 0 atom stereocenters. The van der Waals surface area contributed by atoms with Crippen LogP contribution in [0.4, 0.5) is 0 Å². The van der Waals surface area contributed by atoms with Crippen LogP contribution in [0.3, 0.4) is 0 Å². The molecule has 0 saturated heterocycles. The van der Waals surface area contributed by atoms with Crippen molar-refractivity contribution in [3.05, 3.63) is 59.9 Å². The topological polar surface area (TPSA) is 16.8 Å². The van der Waals surface area contributed by atoms with Crippen LogP contribution in [0.15, 0.2) is 48.7 Å². The van der Waals surface area contributed by atoms with Crippen molar-refractivity contribution >= 4 is 6.08 Å². The van der Waals surface area contributed by atoms with Crippen molar-refractivity contribution in [1.82, 2.24) is 5.10 Å². The second-order valence-electron chi connectivity index (χ2n) is 3.59. The number of benzene rings is 1. The van der Waals surface area contributed by atoms with Crippen LogP contribution in [0, 0.1) is 0 Å². The molecular weight excluding hydrogens is 184 g/mol. The molecule has 0 bridgehead atoms. The van der Waals surface area contributed by atoms with Gasteiger partial charge < -0.3 is 0 Å². The number of hydrogen-bond donors (Lipinski definition) is 0. The highest BCUT2D eigenvalue weighted by molar-refractivity contribution is 5.55. The van der Waals surface area contributed by atoms with Gasteiger partial charge in [-0.3, -0.25) is 0 Å². The Morgan fingerprint density at radius 3 is 2.80 bits per heavy atom. The van der Waals surface area contributed by atoms with Crippen LogP contribution >= 0.6 is 0 Å². The van der Waals surface area contributed by atoms with Gasteiger partial charge in [-0.15, -0.1) is 0 Å². The third-order valence-corrected chi connectivity index (χ3v) is 2.63. The molecule has 0 spiro atoms. The Balaban J connectivity index is 2.19. The Morgan fingerprint density at radius 1 is 1.07 bits per heavy atom. The summed E-state index contributed by atoms with van der Waals surface area (Å²) in [5.41, 5.74) is 3.66. The minimum Gasteiger partial charge on any atom is -0.0732 e. The number of aromatic nitrogens is 2. The second kappa shape index (κ2) is 3.31.